The van der Waals surface area contributed by atoms with Crippen molar-refractivity contribution in [2.45, 2.75) is 32.0 Å². The molecule has 1 atom stereocenters. The zero-order valence-corrected chi connectivity index (χ0v) is 12.9. The topological polar surface area (TPSA) is 0 Å². The summed E-state index contributed by atoms with van der Waals surface area (Å²) in [6.45, 7) is 7.08. The van der Waals surface area contributed by atoms with Gasteiger partial charge in [-0.1, -0.05) is 26.1 Å². The Bertz CT molecular complexity index is 318. The summed E-state index contributed by atoms with van der Waals surface area (Å²) < 4.78 is 0. The second-order valence-electron chi connectivity index (χ2n) is 4.49. The minimum Gasteiger partial charge on any atom is -0.214 e. The number of hydrogen-bond acceptors (Lipinski definition) is 0. The first kappa shape index (κ1) is 16.4. The van der Waals surface area contributed by atoms with Gasteiger partial charge in [0.05, 0.1) is 0 Å². The molecule has 0 aliphatic rings. The third kappa shape index (κ3) is 7.38. The van der Waals surface area contributed by atoms with E-state index in [2.05, 4.69) is 44.3 Å². The van der Waals surface area contributed by atoms with Crippen LogP contribution < -0.4 is 0 Å². The van der Waals surface area contributed by atoms with Crippen molar-refractivity contribution in [2.75, 3.05) is 0 Å². The van der Waals surface area contributed by atoms with Gasteiger partial charge in [0.2, 0.25) is 0 Å². The quantitative estimate of drug-likeness (QED) is 0.568. The van der Waals surface area contributed by atoms with Crippen molar-refractivity contribution in [3.63, 3.8) is 0 Å². The van der Waals surface area contributed by atoms with E-state index < -0.39 is 0 Å². The number of rotatable bonds is 3. The molecule has 0 aliphatic carbocycles. The Hall–Kier alpha value is -0.564. The molecule has 0 saturated heterocycles. The van der Waals surface area contributed by atoms with Crippen molar-refractivity contribution in [1.29, 1.82) is 0 Å². The maximum absolute atomic E-state index is 2.38. The van der Waals surface area contributed by atoms with Gasteiger partial charge in [0.15, 0.2) is 0 Å². The van der Waals surface area contributed by atoms with E-state index in [1.54, 1.807) is 0 Å². The van der Waals surface area contributed by atoms with Crippen LogP contribution in [0, 0.1) is 0 Å². The molecule has 0 amide bonds. The van der Waals surface area contributed by atoms with Crippen molar-refractivity contribution >= 4 is 8.80 Å². The molecule has 17 heavy (non-hydrogen) atoms. The van der Waals surface area contributed by atoms with Gasteiger partial charge in [-0.25, -0.2) is 24.3 Å². The van der Waals surface area contributed by atoms with Gasteiger partial charge >= 0.3 is 17.1 Å². The molecule has 0 aliphatic heterocycles. The van der Waals surface area contributed by atoms with Gasteiger partial charge in [0.1, 0.15) is 0 Å². The van der Waals surface area contributed by atoms with E-state index in [9.17, 15) is 0 Å². The molecule has 2 rings (SSSR count). The summed E-state index contributed by atoms with van der Waals surface area (Å²) in [5.41, 5.74) is 1.51. The van der Waals surface area contributed by atoms with Crippen LogP contribution in [0.1, 0.15) is 18.4 Å². The van der Waals surface area contributed by atoms with E-state index in [1.165, 1.54) is 11.6 Å². The van der Waals surface area contributed by atoms with E-state index in [4.69, 9.17) is 0 Å². The molecule has 0 spiro atoms. The van der Waals surface area contributed by atoms with Gasteiger partial charge in [0.25, 0.3) is 0 Å². The van der Waals surface area contributed by atoms with Crippen LogP contribution >= 0.6 is 0 Å². The molecule has 2 heteroatoms. The molecule has 1 radical (unpaired) electrons. The second-order valence-corrected chi connectivity index (χ2v) is 7.32. The van der Waals surface area contributed by atoms with Crippen molar-refractivity contribution in [3.05, 3.63) is 60.2 Å². The molecule has 2 aromatic rings. The Morgan fingerprint density at radius 2 is 1.76 bits per heavy atom. The molecule has 0 aromatic heterocycles. The van der Waals surface area contributed by atoms with Crippen LogP contribution in [-0.2, 0) is 17.1 Å². The van der Waals surface area contributed by atoms with Gasteiger partial charge < -0.3 is 0 Å². The van der Waals surface area contributed by atoms with Crippen molar-refractivity contribution in [3.8, 4) is 0 Å². The summed E-state index contributed by atoms with van der Waals surface area (Å²) in [6, 6.07) is 20.1. The van der Waals surface area contributed by atoms with Crippen LogP contribution in [0.2, 0.25) is 19.1 Å². The molecular weight excluding hydrogens is 264 g/mol. The molecule has 0 nitrogen and oxygen atoms in total. The maximum Gasteiger partial charge on any atom is 2.00 e. The van der Waals surface area contributed by atoms with Crippen molar-refractivity contribution < 1.29 is 17.1 Å². The molecule has 0 saturated carbocycles. The molecule has 2 aromatic carbocycles. The molecule has 0 heterocycles. The Morgan fingerprint density at radius 1 is 1.12 bits per heavy atom. The van der Waals surface area contributed by atoms with E-state index in [0.717, 1.165) is 5.92 Å². The molecule has 0 bridgehead atoms. The molecular formula is C15H21FeSi. The van der Waals surface area contributed by atoms with Gasteiger partial charge in [-0.15, -0.1) is 0 Å². The SMILES string of the molecule is CC(C[Si](C)C)c1ccc[cH-]1.[Fe+2].c1cc[cH-]c1. The van der Waals surface area contributed by atoms with E-state index in [-0.39, 0.29) is 25.9 Å². The summed E-state index contributed by atoms with van der Waals surface area (Å²) in [7, 11) is -0.0589. The predicted octanol–water partition coefficient (Wildman–Crippen LogP) is 4.67. The fraction of sp³-hybridized carbons (Fsp3) is 0.333. The minimum atomic E-state index is -0.0589. The second kappa shape index (κ2) is 9.46. The van der Waals surface area contributed by atoms with Crippen LogP contribution in [0.15, 0.2) is 54.6 Å². The molecule has 0 N–H and O–H groups in total. The first-order valence-electron chi connectivity index (χ1n) is 5.87. The smallest absolute Gasteiger partial charge is 0.214 e. The summed E-state index contributed by atoms with van der Waals surface area (Å²) in [5.74, 6) is 0.772. The van der Waals surface area contributed by atoms with E-state index in [1.807, 2.05) is 30.3 Å². The molecule has 1 unspecified atom stereocenters. The Morgan fingerprint density at radius 3 is 2.12 bits per heavy atom. The first-order valence-corrected chi connectivity index (χ1v) is 8.58. The summed E-state index contributed by atoms with van der Waals surface area (Å²) >= 11 is 0. The van der Waals surface area contributed by atoms with E-state index >= 15 is 0 Å². The van der Waals surface area contributed by atoms with Gasteiger partial charge in [-0.05, 0) is 5.92 Å². The first-order chi connectivity index (χ1) is 7.70. The standard InChI is InChI=1S/C10H16Si.C5H5.Fe/c1-9(8-11(2)3)10-6-4-5-7-10;1-2-4-5-3-1;/h4-7,9H,8H2,1-3H3;1-5H;/q2*-1;+2. The van der Waals surface area contributed by atoms with Crippen LogP contribution in [0.4, 0.5) is 0 Å². The van der Waals surface area contributed by atoms with Gasteiger partial charge in [-0.3, -0.25) is 0 Å². The molecule has 0 fully saturated rings. The summed E-state index contributed by atoms with van der Waals surface area (Å²) in [6.07, 6.45) is 0. The van der Waals surface area contributed by atoms with Crippen LogP contribution in [0.25, 0.3) is 0 Å². The fourth-order valence-corrected chi connectivity index (χ4v) is 3.23. The van der Waals surface area contributed by atoms with Crippen molar-refractivity contribution in [2.24, 2.45) is 0 Å². The van der Waals surface area contributed by atoms with E-state index in [0.29, 0.717) is 0 Å². The molecule has 93 valence electrons. The normalized spacial score (nSPS) is 11.3. The van der Waals surface area contributed by atoms with Gasteiger partial charge in [-0.2, -0.15) is 35.9 Å². The number of hydrogen-bond donors (Lipinski definition) is 0. The van der Waals surface area contributed by atoms with Crippen LogP contribution in [0.3, 0.4) is 0 Å². The van der Waals surface area contributed by atoms with Crippen LogP contribution in [-0.4, -0.2) is 8.80 Å². The Kier molecular flexibility index (Phi) is 9.15. The minimum absolute atomic E-state index is 0. The summed E-state index contributed by atoms with van der Waals surface area (Å²) in [4.78, 5) is 0. The van der Waals surface area contributed by atoms with Crippen LogP contribution in [0.5, 0.6) is 0 Å². The zero-order chi connectivity index (χ0) is 11.8. The third-order valence-corrected chi connectivity index (χ3v) is 3.96. The largest absolute Gasteiger partial charge is 2.00 e. The summed E-state index contributed by atoms with van der Waals surface area (Å²) in [5, 5.41) is 0. The van der Waals surface area contributed by atoms with Crippen molar-refractivity contribution in [1.82, 2.24) is 0 Å². The predicted molar refractivity (Wildman–Crippen MR) is 74.8 cm³/mol. The third-order valence-electron chi connectivity index (χ3n) is 2.53. The fourth-order valence-electron chi connectivity index (χ4n) is 1.77. The zero-order valence-electron chi connectivity index (χ0n) is 10.8. The van der Waals surface area contributed by atoms with Gasteiger partial charge in [0, 0.05) is 8.80 Å². The Balaban J connectivity index is 0.000000360. The average Bonchev–Trinajstić information content (AvgIpc) is 2.94. The monoisotopic (exact) mass is 285 g/mol. The Labute approximate surface area is 118 Å². The average molecular weight is 285 g/mol. The maximum atomic E-state index is 2.38.